The van der Waals surface area contributed by atoms with Crippen molar-refractivity contribution >= 4 is 17.5 Å². The third-order valence-corrected chi connectivity index (χ3v) is 3.15. The van der Waals surface area contributed by atoms with Crippen LogP contribution in [0.5, 0.6) is 0 Å². The molecule has 0 atom stereocenters. The molecule has 106 valence electrons. The molecule has 0 spiro atoms. The Balaban J connectivity index is 1.94. The maximum atomic E-state index is 13.6. The normalized spacial score (nSPS) is 9.95. The lowest BCUT2D eigenvalue weighted by Crippen LogP contribution is -2.25. The van der Waals surface area contributed by atoms with Crippen LogP contribution in [0.1, 0.15) is 16.7 Å². The number of benzene rings is 2. The average Bonchev–Trinajstić information content (AvgIpc) is 2.46. The minimum atomic E-state index is -0.503. The fourth-order valence-corrected chi connectivity index (χ4v) is 2.06. The first-order valence-corrected chi connectivity index (χ1v) is 6.66. The van der Waals surface area contributed by atoms with Crippen molar-refractivity contribution in [3.63, 3.8) is 0 Å². The van der Waals surface area contributed by atoms with Gasteiger partial charge in [0.2, 0.25) is 5.91 Å². The monoisotopic (exact) mass is 302 g/mol. The van der Waals surface area contributed by atoms with Gasteiger partial charge in [-0.2, -0.15) is 5.26 Å². The van der Waals surface area contributed by atoms with E-state index in [0.717, 1.165) is 11.6 Å². The number of hydrogen-bond acceptors (Lipinski definition) is 2. The van der Waals surface area contributed by atoms with E-state index in [1.165, 1.54) is 12.1 Å². The minimum Gasteiger partial charge on any atom is -0.352 e. The largest absolute Gasteiger partial charge is 0.352 e. The van der Waals surface area contributed by atoms with Crippen molar-refractivity contribution in [3.8, 4) is 6.07 Å². The second-order valence-electron chi connectivity index (χ2n) is 4.50. The standard InChI is InChI=1S/C16H12ClFN2O/c17-14-3-1-2-11(6-14)8-16(21)20-10-13-5-4-12(9-19)7-15(13)18/h1-7H,8,10H2,(H,20,21). The van der Waals surface area contributed by atoms with E-state index in [1.807, 2.05) is 6.07 Å². The highest BCUT2D eigenvalue weighted by Gasteiger charge is 2.07. The summed E-state index contributed by atoms with van der Waals surface area (Å²) in [6.07, 6.45) is 0.179. The van der Waals surface area contributed by atoms with Gasteiger partial charge in [-0.3, -0.25) is 4.79 Å². The molecule has 0 aliphatic heterocycles. The number of nitriles is 1. The summed E-state index contributed by atoms with van der Waals surface area (Å²) < 4.78 is 13.6. The zero-order chi connectivity index (χ0) is 15.2. The van der Waals surface area contributed by atoms with E-state index >= 15 is 0 Å². The molecule has 0 aliphatic carbocycles. The molecule has 2 aromatic rings. The van der Waals surface area contributed by atoms with Crippen LogP contribution < -0.4 is 5.32 Å². The Morgan fingerprint density at radius 1 is 1.29 bits per heavy atom. The molecule has 2 aromatic carbocycles. The van der Waals surface area contributed by atoms with Gasteiger partial charge in [0.15, 0.2) is 0 Å². The number of carbonyl (C=O) groups excluding carboxylic acids is 1. The third-order valence-electron chi connectivity index (χ3n) is 2.91. The van der Waals surface area contributed by atoms with E-state index < -0.39 is 5.82 Å². The van der Waals surface area contributed by atoms with E-state index in [1.54, 1.807) is 24.3 Å². The van der Waals surface area contributed by atoms with Crippen LogP contribution in [-0.4, -0.2) is 5.91 Å². The molecule has 0 aliphatic rings. The summed E-state index contributed by atoms with van der Waals surface area (Å²) in [7, 11) is 0. The van der Waals surface area contributed by atoms with Crippen LogP contribution in [0.2, 0.25) is 5.02 Å². The molecule has 1 N–H and O–H groups in total. The van der Waals surface area contributed by atoms with E-state index in [2.05, 4.69) is 5.32 Å². The molecule has 0 unspecified atom stereocenters. The summed E-state index contributed by atoms with van der Waals surface area (Å²) in [6, 6.07) is 13.0. The van der Waals surface area contributed by atoms with Gasteiger partial charge in [0.25, 0.3) is 0 Å². The smallest absolute Gasteiger partial charge is 0.224 e. The van der Waals surface area contributed by atoms with Crippen LogP contribution in [0, 0.1) is 17.1 Å². The number of amides is 1. The second-order valence-corrected chi connectivity index (χ2v) is 4.94. The summed E-state index contributed by atoms with van der Waals surface area (Å²) in [5, 5.41) is 11.9. The van der Waals surface area contributed by atoms with Gasteiger partial charge in [-0.1, -0.05) is 29.8 Å². The SMILES string of the molecule is N#Cc1ccc(CNC(=O)Cc2cccc(Cl)c2)c(F)c1. The van der Waals surface area contributed by atoms with E-state index in [9.17, 15) is 9.18 Å². The Morgan fingerprint density at radius 3 is 2.76 bits per heavy atom. The molecule has 5 heteroatoms. The maximum Gasteiger partial charge on any atom is 0.224 e. The first-order chi connectivity index (χ1) is 10.1. The van der Waals surface area contributed by atoms with E-state index in [-0.39, 0.29) is 24.4 Å². The van der Waals surface area contributed by atoms with Crippen molar-refractivity contribution < 1.29 is 9.18 Å². The molecule has 21 heavy (non-hydrogen) atoms. The molecule has 0 saturated carbocycles. The first kappa shape index (κ1) is 15.0. The summed E-state index contributed by atoms with van der Waals surface area (Å²) in [5.41, 5.74) is 1.38. The zero-order valence-corrected chi connectivity index (χ0v) is 11.8. The van der Waals surface area contributed by atoms with Gasteiger partial charge in [-0.05, 0) is 29.8 Å². The quantitative estimate of drug-likeness (QED) is 0.943. The van der Waals surface area contributed by atoms with Crippen molar-refractivity contribution in [3.05, 3.63) is 70.0 Å². The molecule has 1 amide bonds. The molecule has 0 saturated heterocycles. The number of rotatable bonds is 4. The van der Waals surface area contributed by atoms with Crippen LogP contribution in [-0.2, 0) is 17.8 Å². The third kappa shape index (κ3) is 4.30. The van der Waals surface area contributed by atoms with Crippen LogP contribution in [0.4, 0.5) is 4.39 Å². The van der Waals surface area contributed by atoms with Gasteiger partial charge in [0.05, 0.1) is 18.1 Å². The van der Waals surface area contributed by atoms with Gasteiger partial charge in [-0.25, -0.2) is 4.39 Å². The van der Waals surface area contributed by atoms with Crippen LogP contribution in [0.25, 0.3) is 0 Å². The van der Waals surface area contributed by atoms with Gasteiger partial charge in [0, 0.05) is 17.1 Å². The van der Waals surface area contributed by atoms with Crippen LogP contribution in [0.3, 0.4) is 0 Å². The fraction of sp³-hybridized carbons (Fsp3) is 0.125. The molecule has 0 aromatic heterocycles. The van der Waals surface area contributed by atoms with Gasteiger partial charge in [-0.15, -0.1) is 0 Å². The maximum absolute atomic E-state index is 13.6. The lowest BCUT2D eigenvalue weighted by Gasteiger charge is -2.07. The topological polar surface area (TPSA) is 52.9 Å². The second kappa shape index (κ2) is 6.87. The summed E-state index contributed by atoms with van der Waals surface area (Å²) in [5.74, 6) is -0.724. The molecular weight excluding hydrogens is 291 g/mol. The molecule has 3 nitrogen and oxygen atoms in total. The van der Waals surface area contributed by atoms with E-state index in [0.29, 0.717) is 10.6 Å². The van der Waals surface area contributed by atoms with Gasteiger partial charge < -0.3 is 5.32 Å². The number of halogens is 2. The lowest BCUT2D eigenvalue weighted by molar-refractivity contribution is -0.120. The summed E-state index contributed by atoms with van der Waals surface area (Å²) in [4.78, 5) is 11.8. The van der Waals surface area contributed by atoms with Crippen molar-refractivity contribution in [2.75, 3.05) is 0 Å². The first-order valence-electron chi connectivity index (χ1n) is 6.28. The molecule has 0 bridgehead atoms. The fourth-order valence-electron chi connectivity index (χ4n) is 1.85. The Labute approximate surface area is 127 Å². The van der Waals surface area contributed by atoms with Crippen LogP contribution in [0.15, 0.2) is 42.5 Å². The van der Waals surface area contributed by atoms with Crippen LogP contribution >= 0.6 is 11.6 Å². The van der Waals surface area contributed by atoms with Crippen molar-refractivity contribution in [2.45, 2.75) is 13.0 Å². The van der Waals surface area contributed by atoms with Crippen molar-refractivity contribution in [1.82, 2.24) is 5.32 Å². The zero-order valence-electron chi connectivity index (χ0n) is 11.1. The van der Waals surface area contributed by atoms with Gasteiger partial charge >= 0.3 is 0 Å². The highest BCUT2D eigenvalue weighted by Crippen LogP contribution is 2.12. The van der Waals surface area contributed by atoms with Crippen molar-refractivity contribution in [1.29, 1.82) is 5.26 Å². The Kier molecular flexibility index (Phi) is 4.91. The number of carbonyl (C=O) groups is 1. The minimum absolute atomic E-state index is 0.0803. The molecule has 0 heterocycles. The number of nitrogens with zero attached hydrogens (tertiary/aromatic N) is 1. The number of nitrogens with one attached hydrogen (secondary N) is 1. The van der Waals surface area contributed by atoms with Crippen molar-refractivity contribution in [2.24, 2.45) is 0 Å². The Bertz CT molecular complexity index is 710. The highest BCUT2D eigenvalue weighted by atomic mass is 35.5. The lowest BCUT2D eigenvalue weighted by atomic mass is 10.1. The summed E-state index contributed by atoms with van der Waals surface area (Å²) in [6.45, 7) is 0.0803. The van der Waals surface area contributed by atoms with E-state index in [4.69, 9.17) is 16.9 Å². The van der Waals surface area contributed by atoms with Gasteiger partial charge in [0.1, 0.15) is 5.82 Å². The predicted octanol–water partition coefficient (Wildman–Crippen LogP) is 3.21. The number of hydrogen-bond donors (Lipinski definition) is 1. The molecule has 2 rings (SSSR count). The molecule has 0 fully saturated rings. The molecular formula is C16H12ClFN2O. The summed E-state index contributed by atoms with van der Waals surface area (Å²) >= 11 is 5.84. The Hall–Kier alpha value is -2.38. The Morgan fingerprint density at radius 2 is 2.10 bits per heavy atom. The molecule has 0 radical (unpaired) electrons. The average molecular weight is 303 g/mol. The predicted molar refractivity (Wildman–Crippen MR) is 78.1 cm³/mol. The highest BCUT2D eigenvalue weighted by molar-refractivity contribution is 6.30.